The molecule has 0 saturated heterocycles. The highest BCUT2D eigenvalue weighted by Gasteiger charge is 2.32. The SMILES string of the molecule is COc1ncc(C(F)(F)F)cc1-c1cc(Cl)c(Cl)c(Cl)c1. The highest BCUT2D eigenvalue weighted by atomic mass is 35.5. The molecule has 1 aromatic heterocycles. The number of nitrogens with zero attached hydrogens (tertiary/aromatic N) is 1. The van der Waals surface area contributed by atoms with Gasteiger partial charge in [-0.2, -0.15) is 13.2 Å². The summed E-state index contributed by atoms with van der Waals surface area (Å²) < 4.78 is 43.3. The number of ether oxygens (including phenoxy) is 1. The first-order chi connectivity index (χ1) is 9.74. The molecule has 0 atom stereocenters. The van der Waals surface area contributed by atoms with Crippen LogP contribution in [0, 0.1) is 0 Å². The molecule has 0 fully saturated rings. The second-order valence-corrected chi connectivity index (χ2v) is 5.22. The van der Waals surface area contributed by atoms with Gasteiger partial charge in [-0.15, -0.1) is 0 Å². The zero-order valence-electron chi connectivity index (χ0n) is 10.4. The van der Waals surface area contributed by atoms with Crippen molar-refractivity contribution in [3.05, 3.63) is 45.0 Å². The van der Waals surface area contributed by atoms with Crippen LogP contribution in [-0.4, -0.2) is 12.1 Å². The fraction of sp³-hybridized carbons (Fsp3) is 0.154. The van der Waals surface area contributed by atoms with Crippen LogP contribution >= 0.6 is 34.8 Å². The number of methoxy groups -OCH3 is 1. The van der Waals surface area contributed by atoms with Crippen molar-refractivity contribution in [1.29, 1.82) is 0 Å². The average molecular weight is 357 g/mol. The van der Waals surface area contributed by atoms with Gasteiger partial charge in [0.15, 0.2) is 0 Å². The smallest absolute Gasteiger partial charge is 0.417 e. The summed E-state index contributed by atoms with van der Waals surface area (Å²) in [5, 5.41) is 0.373. The van der Waals surface area contributed by atoms with Crippen LogP contribution in [0.4, 0.5) is 13.2 Å². The maximum atomic E-state index is 12.8. The van der Waals surface area contributed by atoms with Crippen LogP contribution in [-0.2, 0) is 6.18 Å². The Kier molecular flexibility index (Phi) is 4.56. The Bertz CT molecular complexity index is 666. The van der Waals surface area contributed by atoms with Crippen LogP contribution in [0.25, 0.3) is 11.1 Å². The molecule has 2 nitrogen and oxygen atoms in total. The predicted octanol–water partition coefficient (Wildman–Crippen LogP) is 5.74. The number of hydrogen-bond donors (Lipinski definition) is 0. The van der Waals surface area contributed by atoms with E-state index in [2.05, 4.69) is 4.98 Å². The van der Waals surface area contributed by atoms with Gasteiger partial charge in [0.2, 0.25) is 5.88 Å². The van der Waals surface area contributed by atoms with Crippen LogP contribution < -0.4 is 4.74 Å². The van der Waals surface area contributed by atoms with Gasteiger partial charge >= 0.3 is 6.18 Å². The lowest BCUT2D eigenvalue weighted by Crippen LogP contribution is -2.06. The number of alkyl halides is 3. The Labute approximate surface area is 133 Å². The van der Waals surface area contributed by atoms with Crippen LogP contribution in [0.15, 0.2) is 24.4 Å². The molecule has 0 aliphatic heterocycles. The summed E-state index contributed by atoms with van der Waals surface area (Å²) in [4.78, 5) is 3.66. The maximum absolute atomic E-state index is 12.8. The van der Waals surface area contributed by atoms with Gasteiger partial charge in [-0.1, -0.05) is 34.8 Å². The van der Waals surface area contributed by atoms with Gasteiger partial charge in [0.25, 0.3) is 0 Å². The summed E-state index contributed by atoms with van der Waals surface area (Å²) in [7, 11) is 1.30. The van der Waals surface area contributed by atoms with Crippen LogP contribution in [0.3, 0.4) is 0 Å². The van der Waals surface area contributed by atoms with E-state index >= 15 is 0 Å². The molecule has 0 amide bonds. The summed E-state index contributed by atoms with van der Waals surface area (Å²) in [6.07, 6.45) is -3.82. The van der Waals surface area contributed by atoms with Crippen LogP contribution in [0.1, 0.15) is 5.56 Å². The van der Waals surface area contributed by atoms with E-state index in [4.69, 9.17) is 39.5 Å². The minimum absolute atomic E-state index is 0.0254. The van der Waals surface area contributed by atoms with Crippen molar-refractivity contribution < 1.29 is 17.9 Å². The van der Waals surface area contributed by atoms with E-state index in [1.807, 2.05) is 0 Å². The van der Waals surface area contributed by atoms with Gasteiger partial charge in [0.05, 0.1) is 27.7 Å². The molecule has 8 heteroatoms. The Hall–Kier alpha value is -1.17. The first kappa shape index (κ1) is 16.2. The van der Waals surface area contributed by atoms with Crippen molar-refractivity contribution in [2.75, 3.05) is 7.11 Å². The van der Waals surface area contributed by atoms with E-state index in [1.165, 1.54) is 19.2 Å². The lowest BCUT2D eigenvalue weighted by atomic mass is 10.1. The molecule has 112 valence electrons. The zero-order valence-corrected chi connectivity index (χ0v) is 12.7. The second-order valence-electron chi connectivity index (χ2n) is 4.03. The lowest BCUT2D eigenvalue weighted by molar-refractivity contribution is -0.137. The molecular formula is C13H7Cl3F3NO. The number of halogens is 6. The van der Waals surface area contributed by atoms with Gasteiger partial charge in [-0.3, -0.25) is 0 Å². The van der Waals surface area contributed by atoms with Crippen molar-refractivity contribution >= 4 is 34.8 Å². The molecule has 0 spiro atoms. The highest BCUT2D eigenvalue weighted by molar-refractivity contribution is 6.48. The van der Waals surface area contributed by atoms with Crippen LogP contribution in [0.2, 0.25) is 15.1 Å². The fourth-order valence-corrected chi connectivity index (χ4v) is 2.28. The van der Waals surface area contributed by atoms with E-state index < -0.39 is 11.7 Å². The van der Waals surface area contributed by atoms with Crippen molar-refractivity contribution in [1.82, 2.24) is 4.98 Å². The number of hydrogen-bond acceptors (Lipinski definition) is 2. The molecule has 0 saturated carbocycles. The summed E-state index contributed by atoms with van der Waals surface area (Å²) in [6.45, 7) is 0. The van der Waals surface area contributed by atoms with E-state index in [0.717, 1.165) is 6.07 Å². The Balaban J connectivity index is 2.67. The molecule has 1 aromatic carbocycles. The molecule has 0 N–H and O–H groups in total. The number of rotatable bonds is 2. The van der Waals surface area contributed by atoms with E-state index in [-0.39, 0.29) is 26.5 Å². The largest absolute Gasteiger partial charge is 0.481 e. The maximum Gasteiger partial charge on any atom is 0.417 e. The Morgan fingerprint density at radius 3 is 2.10 bits per heavy atom. The molecule has 2 rings (SSSR count). The van der Waals surface area contributed by atoms with E-state index in [9.17, 15) is 13.2 Å². The lowest BCUT2D eigenvalue weighted by Gasteiger charge is -2.13. The van der Waals surface area contributed by atoms with Gasteiger partial charge in [-0.05, 0) is 23.8 Å². The molecule has 0 bridgehead atoms. The minimum atomic E-state index is -4.52. The fourth-order valence-electron chi connectivity index (χ4n) is 1.69. The van der Waals surface area contributed by atoms with Crippen molar-refractivity contribution in [3.63, 3.8) is 0 Å². The molecule has 0 radical (unpaired) electrons. The summed E-state index contributed by atoms with van der Waals surface area (Å²) in [5.74, 6) is 0.0254. The number of aromatic nitrogens is 1. The second kappa shape index (κ2) is 5.91. The third-order valence-corrected chi connectivity index (χ3v) is 3.86. The Morgan fingerprint density at radius 2 is 1.62 bits per heavy atom. The first-order valence-electron chi connectivity index (χ1n) is 5.50. The van der Waals surface area contributed by atoms with Gasteiger partial charge in [0, 0.05) is 11.8 Å². The number of pyridine rings is 1. The average Bonchev–Trinajstić information content (AvgIpc) is 2.42. The minimum Gasteiger partial charge on any atom is -0.481 e. The van der Waals surface area contributed by atoms with Crippen molar-refractivity contribution in [2.45, 2.75) is 6.18 Å². The van der Waals surface area contributed by atoms with Crippen molar-refractivity contribution in [2.24, 2.45) is 0 Å². The normalized spacial score (nSPS) is 11.6. The highest BCUT2D eigenvalue weighted by Crippen LogP contribution is 2.39. The predicted molar refractivity (Wildman–Crippen MR) is 76.3 cm³/mol. The van der Waals surface area contributed by atoms with E-state index in [1.54, 1.807) is 0 Å². The number of benzene rings is 1. The van der Waals surface area contributed by atoms with Gasteiger partial charge in [0.1, 0.15) is 0 Å². The molecule has 1 heterocycles. The van der Waals surface area contributed by atoms with Crippen LogP contribution in [0.5, 0.6) is 5.88 Å². The quantitative estimate of drug-likeness (QED) is 0.640. The van der Waals surface area contributed by atoms with Gasteiger partial charge < -0.3 is 4.74 Å². The van der Waals surface area contributed by atoms with E-state index in [0.29, 0.717) is 11.8 Å². The molecular weight excluding hydrogens is 350 g/mol. The van der Waals surface area contributed by atoms with Gasteiger partial charge in [-0.25, -0.2) is 4.98 Å². The molecule has 2 aromatic rings. The summed E-state index contributed by atoms with van der Waals surface area (Å²) >= 11 is 17.6. The van der Waals surface area contributed by atoms with Crippen molar-refractivity contribution in [3.8, 4) is 17.0 Å². The topological polar surface area (TPSA) is 22.1 Å². The summed E-state index contributed by atoms with van der Waals surface area (Å²) in [6, 6.07) is 3.71. The third kappa shape index (κ3) is 3.36. The Morgan fingerprint density at radius 1 is 1.05 bits per heavy atom. The molecule has 21 heavy (non-hydrogen) atoms. The zero-order chi connectivity index (χ0) is 15.8. The summed E-state index contributed by atoms with van der Waals surface area (Å²) in [5.41, 5.74) is -0.460. The first-order valence-corrected chi connectivity index (χ1v) is 6.63. The molecule has 0 aliphatic carbocycles. The molecule has 0 aliphatic rings. The third-order valence-electron chi connectivity index (χ3n) is 2.67. The monoisotopic (exact) mass is 355 g/mol. The molecule has 0 unspecified atom stereocenters. The standard InChI is InChI=1S/C13H7Cl3F3NO/c1-21-12-8(4-7(5-20-12)13(17,18)19)6-2-9(14)11(16)10(15)3-6/h2-5H,1H3.